The second kappa shape index (κ2) is 10.0. The van der Waals surface area contributed by atoms with Crippen LogP contribution in [-0.4, -0.2) is 63.3 Å². The molecule has 1 saturated heterocycles. The average Bonchev–Trinajstić information content (AvgIpc) is 3.13. The first-order chi connectivity index (χ1) is 11.6. The van der Waals surface area contributed by atoms with Gasteiger partial charge < -0.3 is 15.4 Å². The Balaban J connectivity index is 1.80. The van der Waals surface area contributed by atoms with E-state index in [0.717, 1.165) is 45.4 Å². The van der Waals surface area contributed by atoms with Crippen molar-refractivity contribution in [2.45, 2.75) is 32.7 Å². The summed E-state index contributed by atoms with van der Waals surface area (Å²) in [6.07, 6.45) is 0. The minimum Gasteiger partial charge on any atom is -0.379 e. The molecule has 0 aliphatic carbocycles. The molecular weight excluding hydrogens is 320 g/mol. The summed E-state index contributed by atoms with van der Waals surface area (Å²) < 4.78 is 5.48. The van der Waals surface area contributed by atoms with E-state index >= 15 is 0 Å². The third-order valence-corrected chi connectivity index (χ3v) is 5.69. The number of guanidine groups is 1. The number of thiophene rings is 1. The molecule has 0 bridgehead atoms. The molecule has 1 aliphatic heterocycles. The first-order valence-electron chi connectivity index (χ1n) is 8.91. The Hall–Kier alpha value is -1.11. The van der Waals surface area contributed by atoms with Crippen molar-refractivity contribution in [2.24, 2.45) is 10.9 Å². The zero-order valence-corrected chi connectivity index (χ0v) is 16.2. The predicted molar refractivity (Wildman–Crippen MR) is 103 cm³/mol. The van der Waals surface area contributed by atoms with Gasteiger partial charge >= 0.3 is 0 Å². The van der Waals surface area contributed by atoms with Crippen LogP contribution in [0.4, 0.5) is 0 Å². The zero-order valence-electron chi connectivity index (χ0n) is 15.4. The van der Waals surface area contributed by atoms with Gasteiger partial charge in [0.15, 0.2) is 5.96 Å². The van der Waals surface area contributed by atoms with Gasteiger partial charge in [0.05, 0.1) is 13.2 Å². The largest absolute Gasteiger partial charge is 0.379 e. The molecule has 0 spiro atoms. The van der Waals surface area contributed by atoms with E-state index in [9.17, 15) is 0 Å². The Morgan fingerprint density at radius 2 is 1.96 bits per heavy atom. The highest BCUT2D eigenvalue weighted by molar-refractivity contribution is 7.10. The zero-order chi connectivity index (χ0) is 17.4. The number of rotatable bonds is 7. The molecule has 2 atom stereocenters. The van der Waals surface area contributed by atoms with E-state index in [1.807, 2.05) is 18.4 Å². The molecule has 2 heterocycles. The van der Waals surface area contributed by atoms with Crippen LogP contribution >= 0.6 is 11.3 Å². The minimum absolute atomic E-state index is 0.490. The van der Waals surface area contributed by atoms with Crippen molar-refractivity contribution in [3.8, 4) is 0 Å². The van der Waals surface area contributed by atoms with Crippen LogP contribution in [-0.2, 0) is 4.74 Å². The van der Waals surface area contributed by atoms with Gasteiger partial charge in [-0.15, -0.1) is 11.3 Å². The molecule has 0 saturated carbocycles. The van der Waals surface area contributed by atoms with Gasteiger partial charge in [-0.3, -0.25) is 9.89 Å². The molecule has 136 valence electrons. The quantitative estimate of drug-likeness (QED) is 0.584. The Morgan fingerprint density at radius 1 is 1.25 bits per heavy atom. The van der Waals surface area contributed by atoms with Crippen LogP contribution in [0.15, 0.2) is 22.5 Å². The van der Waals surface area contributed by atoms with Crippen molar-refractivity contribution in [3.05, 3.63) is 22.4 Å². The monoisotopic (exact) mass is 352 g/mol. The Morgan fingerprint density at radius 3 is 2.54 bits per heavy atom. The van der Waals surface area contributed by atoms with Crippen LogP contribution in [0.3, 0.4) is 0 Å². The van der Waals surface area contributed by atoms with Crippen molar-refractivity contribution in [1.29, 1.82) is 0 Å². The van der Waals surface area contributed by atoms with E-state index in [-0.39, 0.29) is 0 Å². The highest BCUT2D eigenvalue weighted by Crippen LogP contribution is 2.19. The first-order valence-corrected chi connectivity index (χ1v) is 9.79. The highest BCUT2D eigenvalue weighted by Gasteiger charge is 2.23. The molecule has 1 aliphatic rings. The molecule has 1 aromatic rings. The second-order valence-electron chi connectivity index (χ2n) is 6.71. The third-order valence-electron chi connectivity index (χ3n) is 4.59. The van der Waals surface area contributed by atoms with Crippen LogP contribution in [0.1, 0.15) is 31.6 Å². The smallest absolute Gasteiger partial charge is 0.191 e. The van der Waals surface area contributed by atoms with E-state index < -0.39 is 0 Å². The van der Waals surface area contributed by atoms with Crippen molar-refractivity contribution in [2.75, 3.05) is 46.4 Å². The summed E-state index contributed by atoms with van der Waals surface area (Å²) in [6, 6.07) is 4.81. The summed E-state index contributed by atoms with van der Waals surface area (Å²) in [7, 11) is 1.84. The van der Waals surface area contributed by atoms with Crippen molar-refractivity contribution >= 4 is 17.3 Å². The molecule has 2 rings (SSSR count). The summed E-state index contributed by atoms with van der Waals surface area (Å²) in [5, 5.41) is 9.10. The molecular formula is C18H32N4OS. The van der Waals surface area contributed by atoms with Crippen molar-refractivity contribution in [3.63, 3.8) is 0 Å². The summed E-state index contributed by atoms with van der Waals surface area (Å²) in [5.41, 5.74) is 0. The molecule has 2 N–H and O–H groups in total. The number of morpholine rings is 1. The molecule has 6 heteroatoms. The molecule has 1 aromatic heterocycles. The number of hydrogen-bond donors (Lipinski definition) is 2. The Bertz CT molecular complexity index is 483. The SMILES string of the molecule is CN=C(NCC(C)c1cccs1)NCC(C(C)C)N1CCOCC1. The lowest BCUT2D eigenvalue weighted by Gasteiger charge is -2.37. The predicted octanol–water partition coefficient (Wildman–Crippen LogP) is 2.37. The van der Waals surface area contributed by atoms with Gasteiger partial charge in [0.25, 0.3) is 0 Å². The van der Waals surface area contributed by atoms with Gasteiger partial charge in [0, 0.05) is 50.1 Å². The maximum absolute atomic E-state index is 5.48. The fourth-order valence-corrected chi connectivity index (χ4v) is 3.83. The van der Waals surface area contributed by atoms with E-state index in [0.29, 0.717) is 17.9 Å². The van der Waals surface area contributed by atoms with Gasteiger partial charge in [-0.1, -0.05) is 26.8 Å². The van der Waals surface area contributed by atoms with E-state index in [4.69, 9.17) is 4.74 Å². The standard InChI is InChI=1S/C18H32N4OS/c1-14(2)16(22-7-9-23-10-8-22)13-21-18(19-4)20-12-15(3)17-6-5-11-24-17/h5-6,11,14-16H,7-10,12-13H2,1-4H3,(H2,19,20,21). The fraction of sp³-hybridized carbons (Fsp3) is 0.722. The van der Waals surface area contributed by atoms with Crippen molar-refractivity contribution < 1.29 is 4.74 Å². The maximum atomic E-state index is 5.48. The Kier molecular flexibility index (Phi) is 8.02. The fourth-order valence-electron chi connectivity index (χ4n) is 3.04. The van der Waals surface area contributed by atoms with Gasteiger partial charge in [-0.25, -0.2) is 0 Å². The lowest BCUT2D eigenvalue weighted by molar-refractivity contribution is 0.00752. The summed E-state index contributed by atoms with van der Waals surface area (Å²) in [5.74, 6) is 1.97. The van der Waals surface area contributed by atoms with Gasteiger partial charge in [-0.2, -0.15) is 0 Å². The van der Waals surface area contributed by atoms with Crippen molar-refractivity contribution in [1.82, 2.24) is 15.5 Å². The maximum Gasteiger partial charge on any atom is 0.191 e. The lowest BCUT2D eigenvalue weighted by Crippen LogP contribution is -2.52. The minimum atomic E-state index is 0.490. The summed E-state index contributed by atoms with van der Waals surface area (Å²) in [4.78, 5) is 8.31. The number of aliphatic imine (C=N–C) groups is 1. The molecule has 2 unspecified atom stereocenters. The highest BCUT2D eigenvalue weighted by atomic mass is 32.1. The molecule has 0 radical (unpaired) electrons. The number of nitrogens with one attached hydrogen (secondary N) is 2. The van der Waals surface area contributed by atoms with E-state index in [2.05, 4.69) is 58.8 Å². The summed E-state index contributed by atoms with van der Waals surface area (Å²) >= 11 is 1.81. The number of hydrogen-bond acceptors (Lipinski definition) is 4. The van der Waals surface area contributed by atoms with Gasteiger partial charge in [-0.05, 0) is 17.4 Å². The van der Waals surface area contributed by atoms with Gasteiger partial charge in [0.1, 0.15) is 0 Å². The molecule has 5 nitrogen and oxygen atoms in total. The second-order valence-corrected chi connectivity index (χ2v) is 7.69. The van der Waals surface area contributed by atoms with Gasteiger partial charge in [0.2, 0.25) is 0 Å². The summed E-state index contributed by atoms with van der Waals surface area (Å²) in [6.45, 7) is 12.3. The topological polar surface area (TPSA) is 48.9 Å². The molecule has 0 amide bonds. The van der Waals surface area contributed by atoms with Crippen LogP contribution < -0.4 is 10.6 Å². The molecule has 0 aromatic carbocycles. The molecule has 24 heavy (non-hydrogen) atoms. The van der Waals surface area contributed by atoms with Crippen LogP contribution in [0.25, 0.3) is 0 Å². The van der Waals surface area contributed by atoms with E-state index in [1.54, 1.807) is 0 Å². The lowest BCUT2D eigenvalue weighted by atomic mass is 10.0. The van der Waals surface area contributed by atoms with Crippen LogP contribution in [0, 0.1) is 5.92 Å². The average molecular weight is 353 g/mol. The van der Waals surface area contributed by atoms with Crippen LogP contribution in [0.5, 0.6) is 0 Å². The van der Waals surface area contributed by atoms with Crippen LogP contribution in [0.2, 0.25) is 0 Å². The first kappa shape index (κ1) is 19.2. The normalized spacial score (nSPS) is 19.3. The van der Waals surface area contributed by atoms with E-state index in [1.165, 1.54) is 4.88 Å². The third kappa shape index (κ3) is 5.76. The number of nitrogens with zero attached hydrogens (tertiary/aromatic N) is 2. The number of ether oxygens (including phenoxy) is 1. The molecule has 1 fully saturated rings. The Labute approximate surface area is 150 Å².